The first-order valence-corrected chi connectivity index (χ1v) is 7.50. The van der Waals surface area contributed by atoms with Gasteiger partial charge in [0, 0.05) is 12.1 Å². The molecule has 1 saturated carbocycles. The van der Waals surface area contributed by atoms with E-state index in [4.69, 9.17) is 10.5 Å². The molecule has 1 aromatic heterocycles. The Morgan fingerprint density at radius 1 is 1.25 bits per heavy atom. The largest absolute Gasteiger partial charge is 0.497 e. The second-order valence-electron chi connectivity index (χ2n) is 5.96. The van der Waals surface area contributed by atoms with Crippen molar-refractivity contribution in [2.45, 2.75) is 45.1 Å². The number of methoxy groups -OCH3 is 1. The van der Waals surface area contributed by atoms with Gasteiger partial charge in [-0.2, -0.15) is 0 Å². The zero-order valence-electron chi connectivity index (χ0n) is 12.3. The Bertz CT molecular complexity index is 605. The van der Waals surface area contributed by atoms with Gasteiger partial charge in [-0.05, 0) is 37.3 Å². The monoisotopic (exact) mass is 273 g/mol. The summed E-state index contributed by atoms with van der Waals surface area (Å²) >= 11 is 0. The van der Waals surface area contributed by atoms with Gasteiger partial charge in [-0.25, -0.2) is 4.98 Å². The summed E-state index contributed by atoms with van der Waals surface area (Å²) in [5.41, 5.74) is 8.23. The van der Waals surface area contributed by atoms with Crippen LogP contribution in [0.2, 0.25) is 0 Å². The second-order valence-corrected chi connectivity index (χ2v) is 5.96. The van der Waals surface area contributed by atoms with Gasteiger partial charge in [0.25, 0.3) is 0 Å². The Balaban J connectivity index is 2.00. The molecule has 3 rings (SSSR count). The normalized spacial score (nSPS) is 23.7. The van der Waals surface area contributed by atoms with Crippen molar-refractivity contribution in [3.8, 4) is 5.75 Å². The highest BCUT2D eigenvalue weighted by molar-refractivity contribution is 5.80. The lowest BCUT2D eigenvalue weighted by atomic mass is 10.0. The highest BCUT2D eigenvalue weighted by Gasteiger charge is 2.21. The maximum absolute atomic E-state index is 6.17. The van der Waals surface area contributed by atoms with E-state index in [-0.39, 0.29) is 0 Å². The van der Waals surface area contributed by atoms with Crippen LogP contribution >= 0.6 is 0 Å². The first kappa shape index (κ1) is 13.3. The summed E-state index contributed by atoms with van der Waals surface area (Å²) < 4.78 is 7.49. The molecule has 20 heavy (non-hydrogen) atoms. The van der Waals surface area contributed by atoms with Crippen molar-refractivity contribution < 1.29 is 4.74 Å². The highest BCUT2D eigenvalue weighted by Crippen LogP contribution is 2.35. The van der Waals surface area contributed by atoms with E-state index < -0.39 is 0 Å². The third-order valence-electron chi connectivity index (χ3n) is 4.52. The molecule has 0 aliphatic heterocycles. The highest BCUT2D eigenvalue weighted by atomic mass is 16.5. The number of hydrogen-bond donors (Lipinski definition) is 1. The lowest BCUT2D eigenvalue weighted by Gasteiger charge is -2.18. The molecule has 4 heteroatoms. The molecule has 1 aliphatic rings. The number of anilines is 1. The predicted molar refractivity (Wildman–Crippen MR) is 82.0 cm³/mol. The number of benzene rings is 1. The standard InChI is InChI=1S/C16H23N3O/c1-11-4-3-5-12(7-6-11)19-15-9-8-13(20-2)10-14(15)18-16(19)17/h8-12H,3-7H2,1-2H3,(H2,17,18). The van der Waals surface area contributed by atoms with Crippen molar-refractivity contribution in [1.29, 1.82) is 0 Å². The van der Waals surface area contributed by atoms with Crippen LogP contribution in [0.3, 0.4) is 0 Å². The average molecular weight is 273 g/mol. The van der Waals surface area contributed by atoms with Crippen molar-refractivity contribution in [1.82, 2.24) is 9.55 Å². The lowest BCUT2D eigenvalue weighted by molar-refractivity contribution is 0.415. The van der Waals surface area contributed by atoms with Crippen LogP contribution in [0.15, 0.2) is 18.2 Å². The summed E-state index contributed by atoms with van der Waals surface area (Å²) in [6, 6.07) is 6.51. The molecule has 2 unspecified atom stereocenters. The molecule has 0 spiro atoms. The van der Waals surface area contributed by atoms with E-state index in [2.05, 4.69) is 22.5 Å². The number of ether oxygens (including phenoxy) is 1. The summed E-state index contributed by atoms with van der Waals surface area (Å²) in [5, 5.41) is 0. The smallest absolute Gasteiger partial charge is 0.201 e. The number of fused-ring (bicyclic) bond motifs is 1. The van der Waals surface area contributed by atoms with E-state index in [9.17, 15) is 0 Å². The second kappa shape index (κ2) is 5.35. The summed E-state index contributed by atoms with van der Waals surface area (Å²) in [4.78, 5) is 4.51. The summed E-state index contributed by atoms with van der Waals surface area (Å²) in [5.74, 6) is 2.29. The summed E-state index contributed by atoms with van der Waals surface area (Å²) in [7, 11) is 1.67. The van der Waals surface area contributed by atoms with Crippen LogP contribution in [0.4, 0.5) is 5.95 Å². The fourth-order valence-corrected chi connectivity index (χ4v) is 3.33. The van der Waals surface area contributed by atoms with Crippen LogP contribution in [-0.2, 0) is 0 Å². The van der Waals surface area contributed by atoms with Gasteiger partial charge < -0.3 is 15.0 Å². The molecule has 1 fully saturated rings. The topological polar surface area (TPSA) is 53.1 Å². The average Bonchev–Trinajstić information content (AvgIpc) is 2.61. The Hall–Kier alpha value is -1.71. The van der Waals surface area contributed by atoms with Crippen LogP contribution in [-0.4, -0.2) is 16.7 Å². The van der Waals surface area contributed by atoms with E-state index in [0.29, 0.717) is 12.0 Å². The van der Waals surface area contributed by atoms with Crippen molar-refractivity contribution in [3.05, 3.63) is 18.2 Å². The van der Waals surface area contributed by atoms with Crippen LogP contribution in [0.1, 0.15) is 45.1 Å². The fourth-order valence-electron chi connectivity index (χ4n) is 3.33. The van der Waals surface area contributed by atoms with Gasteiger partial charge in [-0.3, -0.25) is 0 Å². The summed E-state index contributed by atoms with van der Waals surface area (Å²) in [6.07, 6.45) is 6.28. The van der Waals surface area contributed by atoms with E-state index >= 15 is 0 Å². The number of imidazole rings is 1. The van der Waals surface area contributed by atoms with Crippen molar-refractivity contribution >= 4 is 17.0 Å². The molecule has 1 aromatic carbocycles. The molecule has 2 aromatic rings. The number of nitrogens with zero attached hydrogens (tertiary/aromatic N) is 2. The number of rotatable bonds is 2. The van der Waals surface area contributed by atoms with Gasteiger partial charge in [-0.15, -0.1) is 0 Å². The number of aromatic nitrogens is 2. The molecule has 1 aliphatic carbocycles. The number of hydrogen-bond acceptors (Lipinski definition) is 3. The Morgan fingerprint density at radius 2 is 2.10 bits per heavy atom. The van der Waals surface area contributed by atoms with Crippen molar-refractivity contribution in [2.75, 3.05) is 12.8 Å². The van der Waals surface area contributed by atoms with E-state index in [1.165, 1.54) is 32.1 Å². The third kappa shape index (κ3) is 2.35. The maximum Gasteiger partial charge on any atom is 0.201 e. The third-order valence-corrected chi connectivity index (χ3v) is 4.52. The first-order valence-electron chi connectivity index (χ1n) is 7.50. The van der Waals surface area contributed by atoms with Gasteiger partial charge in [0.15, 0.2) is 0 Å². The molecule has 2 atom stereocenters. The minimum Gasteiger partial charge on any atom is -0.497 e. The van der Waals surface area contributed by atoms with E-state index in [0.717, 1.165) is 22.7 Å². The van der Waals surface area contributed by atoms with Crippen LogP contribution in [0.25, 0.3) is 11.0 Å². The Kier molecular flexibility index (Phi) is 3.55. The van der Waals surface area contributed by atoms with E-state index in [1.807, 2.05) is 12.1 Å². The molecular weight excluding hydrogens is 250 g/mol. The number of nitrogen functional groups attached to an aromatic ring is 1. The van der Waals surface area contributed by atoms with Gasteiger partial charge in [0.2, 0.25) is 5.95 Å². The van der Waals surface area contributed by atoms with Crippen molar-refractivity contribution in [3.63, 3.8) is 0 Å². The molecule has 108 valence electrons. The summed E-state index contributed by atoms with van der Waals surface area (Å²) in [6.45, 7) is 2.35. The molecule has 4 nitrogen and oxygen atoms in total. The fraction of sp³-hybridized carbons (Fsp3) is 0.562. The van der Waals surface area contributed by atoms with E-state index in [1.54, 1.807) is 7.11 Å². The molecule has 0 radical (unpaired) electrons. The molecule has 0 saturated heterocycles. The van der Waals surface area contributed by atoms with Crippen LogP contribution < -0.4 is 10.5 Å². The minimum atomic E-state index is 0.485. The predicted octanol–water partition coefficient (Wildman–Crippen LogP) is 3.77. The Morgan fingerprint density at radius 3 is 2.90 bits per heavy atom. The van der Waals surface area contributed by atoms with Crippen LogP contribution in [0.5, 0.6) is 5.75 Å². The molecule has 1 heterocycles. The van der Waals surface area contributed by atoms with Gasteiger partial charge in [0.05, 0.1) is 18.1 Å². The van der Waals surface area contributed by atoms with Gasteiger partial charge in [-0.1, -0.05) is 19.8 Å². The lowest BCUT2D eigenvalue weighted by Crippen LogP contribution is -2.11. The zero-order chi connectivity index (χ0) is 14.1. The SMILES string of the molecule is COc1ccc2c(c1)nc(N)n2C1CCCC(C)CC1. The molecule has 0 amide bonds. The molecular formula is C16H23N3O. The minimum absolute atomic E-state index is 0.485. The maximum atomic E-state index is 6.17. The molecule has 0 bridgehead atoms. The Labute approximate surface area is 119 Å². The number of nitrogens with two attached hydrogens (primary N) is 1. The quantitative estimate of drug-likeness (QED) is 0.847. The first-order chi connectivity index (χ1) is 9.69. The van der Waals surface area contributed by atoms with Crippen LogP contribution in [0, 0.1) is 5.92 Å². The zero-order valence-corrected chi connectivity index (χ0v) is 12.3. The van der Waals surface area contributed by atoms with Gasteiger partial charge >= 0.3 is 0 Å². The molecule has 2 N–H and O–H groups in total. The van der Waals surface area contributed by atoms with Gasteiger partial charge in [0.1, 0.15) is 5.75 Å². The van der Waals surface area contributed by atoms with Crippen molar-refractivity contribution in [2.24, 2.45) is 5.92 Å².